The second-order valence-electron chi connectivity index (χ2n) is 5.14. The van der Waals surface area contributed by atoms with Crippen LogP contribution in [0.3, 0.4) is 0 Å². The molecule has 5 nitrogen and oxygen atoms in total. The van der Waals surface area contributed by atoms with Crippen molar-refractivity contribution in [2.24, 2.45) is 7.05 Å². The van der Waals surface area contributed by atoms with Crippen molar-refractivity contribution in [1.82, 2.24) is 24.3 Å². The lowest BCUT2D eigenvalue weighted by Crippen LogP contribution is -2.09. The van der Waals surface area contributed by atoms with E-state index in [1.165, 1.54) is 0 Å². The lowest BCUT2D eigenvalue weighted by atomic mass is 10.2. The molecule has 0 aliphatic carbocycles. The van der Waals surface area contributed by atoms with Gasteiger partial charge < -0.3 is 4.57 Å². The average Bonchev–Trinajstić information content (AvgIpc) is 3.11. The summed E-state index contributed by atoms with van der Waals surface area (Å²) in [6.45, 7) is 4.78. The Morgan fingerprint density at radius 3 is 2.86 bits per heavy atom. The topological polar surface area (TPSA) is 48.5 Å². The Hall–Kier alpha value is -1.40. The van der Waals surface area contributed by atoms with E-state index in [4.69, 9.17) is 16.6 Å². The molecule has 0 aliphatic heterocycles. The van der Waals surface area contributed by atoms with Crippen LogP contribution < -0.4 is 0 Å². The zero-order chi connectivity index (χ0) is 15.0. The molecule has 112 valence electrons. The first-order valence-corrected chi connectivity index (χ1v) is 8.42. The Morgan fingerprint density at radius 1 is 1.43 bits per heavy atom. The van der Waals surface area contributed by atoms with Gasteiger partial charge in [-0.15, -0.1) is 22.9 Å². The highest BCUT2D eigenvalue weighted by Gasteiger charge is 2.21. The quantitative estimate of drug-likeness (QED) is 0.675. The third kappa shape index (κ3) is 2.58. The minimum absolute atomic E-state index is 0.148. The number of imidazole rings is 1. The van der Waals surface area contributed by atoms with Crippen molar-refractivity contribution in [3.8, 4) is 0 Å². The van der Waals surface area contributed by atoms with E-state index < -0.39 is 0 Å². The van der Waals surface area contributed by atoms with Gasteiger partial charge in [-0.2, -0.15) is 5.10 Å². The number of aromatic nitrogens is 5. The lowest BCUT2D eigenvalue weighted by Gasteiger charge is -2.09. The van der Waals surface area contributed by atoms with Crippen molar-refractivity contribution < 1.29 is 0 Å². The molecule has 3 aromatic rings. The van der Waals surface area contributed by atoms with Crippen LogP contribution in [-0.4, -0.2) is 24.3 Å². The maximum atomic E-state index is 6.33. The SMILES string of the molecule is CCCc1nn(C)c2c1nc(C(C)Cl)n2Cc1cscn1. The summed E-state index contributed by atoms with van der Waals surface area (Å²) >= 11 is 7.93. The summed E-state index contributed by atoms with van der Waals surface area (Å²) in [5, 5.41) is 6.51. The van der Waals surface area contributed by atoms with Gasteiger partial charge >= 0.3 is 0 Å². The Bertz CT molecular complexity index is 741. The predicted molar refractivity (Wildman–Crippen MR) is 86.0 cm³/mol. The zero-order valence-electron chi connectivity index (χ0n) is 12.4. The Labute approximate surface area is 132 Å². The first-order chi connectivity index (χ1) is 10.1. The van der Waals surface area contributed by atoms with E-state index in [0.717, 1.165) is 41.2 Å². The van der Waals surface area contributed by atoms with Gasteiger partial charge in [-0.05, 0) is 13.3 Å². The zero-order valence-corrected chi connectivity index (χ0v) is 13.9. The highest BCUT2D eigenvalue weighted by molar-refractivity contribution is 7.07. The van der Waals surface area contributed by atoms with Gasteiger partial charge in [0.25, 0.3) is 0 Å². The largest absolute Gasteiger partial charge is 0.306 e. The van der Waals surface area contributed by atoms with Crippen molar-refractivity contribution in [1.29, 1.82) is 0 Å². The minimum Gasteiger partial charge on any atom is -0.306 e. The molecule has 0 aromatic carbocycles. The number of nitrogens with zero attached hydrogens (tertiary/aromatic N) is 5. The van der Waals surface area contributed by atoms with Crippen molar-refractivity contribution >= 4 is 34.1 Å². The number of hydrogen-bond donors (Lipinski definition) is 0. The summed E-state index contributed by atoms with van der Waals surface area (Å²) < 4.78 is 4.04. The molecule has 7 heteroatoms. The van der Waals surface area contributed by atoms with Gasteiger partial charge in [-0.3, -0.25) is 4.68 Å². The number of aryl methyl sites for hydroxylation is 2. The highest BCUT2D eigenvalue weighted by Crippen LogP contribution is 2.27. The monoisotopic (exact) mass is 323 g/mol. The third-order valence-electron chi connectivity index (χ3n) is 3.47. The second kappa shape index (κ2) is 5.77. The lowest BCUT2D eigenvalue weighted by molar-refractivity contribution is 0.674. The molecular weight excluding hydrogens is 306 g/mol. The standard InChI is InChI=1S/C14H18ClN5S/c1-4-5-11-12-14(19(3)18-11)20(13(17-12)9(2)15)6-10-7-21-8-16-10/h7-9H,4-6H2,1-3H3. The van der Waals surface area contributed by atoms with E-state index in [1.54, 1.807) is 11.3 Å². The Morgan fingerprint density at radius 2 is 2.24 bits per heavy atom. The summed E-state index contributed by atoms with van der Waals surface area (Å²) in [6, 6.07) is 0. The molecule has 0 saturated heterocycles. The number of alkyl halides is 1. The summed E-state index contributed by atoms with van der Waals surface area (Å²) in [6.07, 6.45) is 1.98. The molecule has 0 aliphatic rings. The molecule has 0 amide bonds. The van der Waals surface area contributed by atoms with Crippen LogP contribution in [0.2, 0.25) is 0 Å². The fourth-order valence-electron chi connectivity index (χ4n) is 2.60. The number of rotatable bonds is 5. The maximum absolute atomic E-state index is 6.33. The first kappa shape index (κ1) is 14.5. The minimum atomic E-state index is -0.148. The van der Waals surface area contributed by atoms with Crippen LogP contribution in [0.15, 0.2) is 10.9 Å². The smallest absolute Gasteiger partial charge is 0.159 e. The van der Waals surface area contributed by atoms with E-state index in [1.807, 2.05) is 24.2 Å². The molecule has 0 bridgehead atoms. The van der Waals surface area contributed by atoms with Crippen LogP contribution >= 0.6 is 22.9 Å². The van der Waals surface area contributed by atoms with Crippen molar-refractivity contribution in [2.45, 2.75) is 38.6 Å². The molecule has 3 heterocycles. The van der Waals surface area contributed by atoms with Crippen molar-refractivity contribution in [2.75, 3.05) is 0 Å². The van der Waals surface area contributed by atoms with Gasteiger partial charge in [0.1, 0.15) is 11.3 Å². The van der Waals surface area contributed by atoms with Gasteiger partial charge in [0, 0.05) is 12.4 Å². The number of fused-ring (bicyclic) bond motifs is 1. The molecular formula is C14H18ClN5S. The number of hydrogen-bond acceptors (Lipinski definition) is 4. The van der Waals surface area contributed by atoms with Crippen LogP contribution in [0.4, 0.5) is 0 Å². The van der Waals surface area contributed by atoms with Gasteiger partial charge in [-0.25, -0.2) is 9.97 Å². The fourth-order valence-corrected chi connectivity index (χ4v) is 3.32. The summed E-state index contributed by atoms with van der Waals surface area (Å²) in [4.78, 5) is 9.12. The van der Waals surface area contributed by atoms with Crippen LogP contribution in [0.5, 0.6) is 0 Å². The summed E-state index contributed by atoms with van der Waals surface area (Å²) in [5.74, 6) is 0.880. The van der Waals surface area contributed by atoms with Gasteiger partial charge in [0.05, 0.1) is 28.8 Å². The molecule has 0 radical (unpaired) electrons. The molecule has 0 N–H and O–H groups in total. The van der Waals surface area contributed by atoms with Crippen LogP contribution in [0, 0.1) is 0 Å². The van der Waals surface area contributed by atoms with Gasteiger partial charge in [-0.1, -0.05) is 13.3 Å². The van der Waals surface area contributed by atoms with Crippen molar-refractivity contribution in [3.63, 3.8) is 0 Å². The molecule has 1 unspecified atom stereocenters. The molecule has 0 saturated carbocycles. The number of halogens is 1. The van der Waals surface area contributed by atoms with Crippen LogP contribution in [0.1, 0.15) is 42.9 Å². The fraction of sp³-hybridized carbons (Fsp3) is 0.500. The maximum Gasteiger partial charge on any atom is 0.159 e. The van der Waals surface area contributed by atoms with E-state index in [0.29, 0.717) is 6.54 Å². The summed E-state index contributed by atoms with van der Waals surface area (Å²) in [7, 11) is 1.96. The summed E-state index contributed by atoms with van der Waals surface area (Å²) in [5.41, 5.74) is 5.91. The molecule has 0 fully saturated rings. The first-order valence-electron chi connectivity index (χ1n) is 7.05. The molecule has 3 rings (SSSR count). The Kier molecular flexibility index (Phi) is 3.99. The molecule has 1 atom stereocenters. The normalized spacial score (nSPS) is 13.1. The molecule has 3 aromatic heterocycles. The molecule has 0 spiro atoms. The second-order valence-corrected chi connectivity index (χ2v) is 6.52. The molecule has 21 heavy (non-hydrogen) atoms. The number of thiazole rings is 1. The van der Waals surface area contributed by atoms with Crippen LogP contribution in [-0.2, 0) is 20.0 Å². The Balaban J connectivity index is 2.17. The van der Waals surface area contributed by atoms with E-state index >= 15 is 0 Å². The van der Waals surface area contributed by atoms with E-state index in [9.17, 15) is 0 Å². The van der Waals surface area contributed by atoms with Crippen molar-refractivity contribution in [3.05, 3.63) is 28.1 Å². The highest BCUT2D eigenvalue weighted by atomic mass is 35.5. The van der Waals surface area contributed by atoms with Gasteiger partial charge in [0.15, 0.2) is 5.65 Å². The van der Waals surface area contributed by atoms with Gasteiger partial charge in [0.2, 0.25) is 0 Å². The average molecular weight is 324 g/mol. The van der Waals surface area contributed by atoms with E-state index in [-0.39, 0.29) is 5.38 Å². The predicted octanol–water partition coefficient (Wildman–Crippen LogP) is 3.53. The third-order valence-corrected chi connectivity index (χ3v) is 4.30. The van der Waals surface area contributed by atoms with E-state index in [2.05, 4.69) is 27.0 Å². The van der Waals surface area contributed by atoms with Crippen LogP contribution in [0.25, 0.3) is 11.2 Å².